The highest BCUT2D eigenvalue weighted by molar-refractivity contribution is 7.90. The number of hydrogen-bond donors (Lipinski definition) is 1. The zero-order chi connectivity index (χ0) is 21.5. The second-order valence-electron chi connectivity index (χ2n) is 7.12. The Bertz CT molecular complexity index is 1280. The van der Waals surface area contributed by atoms with Crippen molar-refractivity contribution in [1.29, 1.82) is 0 Å². The van der Waals surface area contributed by atoms with Crippen LogP contribution in [0.25, 0.3) is 11.1 Å². The predicted molar refractivity (Wildman–Crippen MR) is 111 cm³/mol. The Balaban J connectivity index is 1.58. The third-order valence-corrected chi connectivity index (χ3v) is 6.24. The minimum absolute atomic E-state index is 0.185. The Kier molecular flexibility index (Phi) is 5.07. The van der Waals surface area contributed by atoms with Crippen molar-refractivity contribution in [2.45, 2.75) is 17.9 Å². The van der Waals surface area contributed by atoms with E-state index in [4.69, 9.17) is 4.74 Å². The van der Waals surface area contributed by atoms with Gasteiger partial charge in [-0.2, -0.15) is 0 Å². The molecule has 0 atom stereocenters. The Hall–Kier alpha value is -3.20. The van der Waals surface area contributed by atoms with E-state index in [2.05, 4.69) is 10.3 Å². The molecule has 0 saturated carbocycles. The van der Waals surface area contributed by atoms with Crippen LogP contribution in [0.1, 0.15) is 11.1 Å². The zero-order valence-corrected chi connectivity index (χ0v) is 17.3. The van der Waals surface area contributed by atoms with Crippen LogP contribution in [0.2, 0.25) is 0 Å². The topological polar surface area (TPSA) is 90.3 Å². The molecule has 0 saturated heterocycles. The van der Waals surface area contributed by atoms with Gasteiger partial charge in [-0.15, -0.1) is 0 Å². The molecule has 0 amide bonds. The Labute approximate surface area is 173 Å². The Morgan fingerprint density at radius 2 is 1.93 bits per heavy atom. The van der Waals surface area contributed by atoms with Crippen LogP contribution in [0.5, 0.6) is 5.75 Å². The molecule has 0 unspecified atom stereocenters. The lowest BCUT2D eigenvalue weighted by atomic mass is 10.0. The number of aromatic nitrogens is 2. The second kappa shape index (κ2) is 7.56. The lowest BCUT2D eigenvalue weighted by Gasteiger charge is -2.13. The van der Waals surface area contributed by atoms with Crippen molar-refractivity contribution in [2.24, 2.45) is 7.05 Å². The summed E-state index contributed by atoms with van der Waals surface area (Å²) in [4.78, 5) is 17.3. The molecule has 2 heterocycles. The molecule has 1 aliphatic rings. The maximum absolute atomic E-state index is 13.8. The van der Waals surface area contributed by atoms with E-state index in [-0.39, 0.29) is 16.3 Å². The number of fused-ring (bicyclic) bond motifs is 1. The average molecular weight is 429 g/mol. The lowest BCUT2D eigenvalue weighted by Crippen LogP contribution is -2.23. The number of nitrogens with zero attached hydrogens (tertiary/aromatic N) is 2. The summed E-state index contributed by atoms with van der Waals surface area (Å²) in [5.74, 6) is 0.292. The van der Waals surface area contributed by atoms with E-state index in [0.717, 1.165) is 17.4 Å². The average Bonchev–Trinajstić information content (AvgIpc) is 3.21. The molecular formula is C21H20FN3O4S. The molecule has 1 aromatic heterocycles. The first-order chi connectivity index (χ1) is 14.3. The fourth-order valence-corrected chi connectivity index (χ4v) is 4.08. The molecule has 0 fully saturated rings. The third-order valence-electron chi connectivity index (χ3n) is 5.11. The number of hydrogen-bond acceptors (Lipinski definition) is 6. The molecule has 4 rings (SSSR count). The van der Waals surface area contributed by atoms with Gasteiger partial charge in [0, 0.05) is 38.0 Å². The fraction of sp³-hybridized carbons (Fsp3) is 0.238. The van der Waals surface area contributed by atoms with Gasteiger partial charge >= 0.3 is 0 Å². The lowest BCUT2D eigenvalue weighted by molar-refractivity contribution is 0.339. The summed E-state index contributed by atoms with van der Waals surface area (Å²) in [5, 5.41) is 3.12. The fourth-order valence-electron chi connectivity index (χ4n) is 3.45. The summed E-state index contributed by atoms with van der Waals surface area (Å²) in [5.41, 5.74) is 2.38. The summed E-state index contributed by atoms with van der Waals surface area (Å²) >= 11 is 0. The molecule has 1 N–H and O–H groups in total. The minimum atomic E-state index is -3.31. The molecule has 0 spiro atoms. The first-order valence-electron chi connectivity index (χ1n) is 9.29. The van der Waals surface area contributed by atoms with Crippen molar-refractivity contribution in [3.8, 4) is 16.9 Å². The smallest absolute Gasteiger partial charge is 0.262 e. The summed E-state index contributed by atoms with van der Waals surface area (Å²) < 4.78 is 43.8. The number of sulfone groups is 1. The summed E-state index contributed by atoms with van der Waals surface area (Å²) in [6, 6.07) is 9.18. The molecule has 0 bridgehead atoms. The number of rotatable bonds is 5. The van der Waals surface area contributed by atoms with Gasteiger partial charge in [0.15, 0.2) is 21.4 Å². The normalized spacial score (nSPS) is 13.0. The van der Waals surface area contributed by atoms with E-state index in [1.807, 2.05) is 0 Å². The van der Waals surface area contributed by atoms with Crippen LogP contribution in [-0.4, -0.2) is 30.8 Å². The van der Waals surface area contributed by atoms with E-state index in [0.29, 0.717) is 42.4 Å². The van der Waals surface area contributed by atoms with Gasteiger partial charge in [0.2, 0.25) is 5.95 Å². The van der Waals surface area contributed by atoms with Crippen LogP contribution in [0, 0.1) is 5.82 Å². The van der Waals surface area contributed by atoms with Gasteiger partial charge in [-0.05, 0) is 29.3 Å². The number of benzene rings is 2. The minimum Gasteiger partial charge on any atom is -0.490 e. The largest absolute Gasteiger partial charge is 0.490 e. The van der Waals surface area contributed by atoms with Crippen LogP contribution in [0.15, 0.2) is 52.3 Å². The van der Waals surface area contributed by atoms with E-state index in [1.54, 1.807) is 25.2 Å². The summed E-state index contributed by atoms with van der Waals surface area (Å²) in [6.45, 7) is 0.821. The highest BCUT2D eigenvalue weighted by Gasteiger charge is 2.20. The highest BCUT2D eigenvalue weighted by atomic mass is 32.2. The van der Waals surface area contributed by atoms with E-state index < -0.39 is 9.84 Å². The van der Waals surface area contributed by atoms with Crippen molar-refractivity contribution in [2.75, 3.05) is 18.2 Å². The maximum atomic E-state index is 13.8. The number of anilines is 1. The molecule has 1 aliphatic heterocycles. The predicted octanol–water partition coefficient (Wildman–Crippen LogP) is 2.54. The van der Waals surface area contributed by atoms with Gasteiger partial charge in [0.05, 0.1) is 17.1 Å². The summed E-state index contributed by atoms with van der Waals surface area (Å²) in [7, 11) is -1.71. The molecule has 156 valence electrons. The standard InChI is InChI=1S/C21H20FN3O4S/c1-25-20(26)17(13-3-6-15(7-4-13)30(2,27)28)12-24-21(25)23-11-14-5-8-18(22)19-16(14)9-10-29-19/h3-8,12H,9-11H2,1-2H3,(H,23,24). The maximum Gasteiger partial charge on any atom is 0.262 e. The van der Waals surface area contributed by atoms with Gasteiger partial charge in [0.1, 0.15) is 0 Å². The molecule has 9 heteroatoms. The van der Waals surface area contributed by atoms with Gasteiger partial charge in [-0.1, -0.05) is 18.2 Å². The SMILES string of the molecule is Cn1c(NCc2ccc(F)c3c2CCO3)ncc(-c2ccc(S(C)(=O)=O)cc2)c1=O. The quantitative estimate of drug-likeness (QED) is 0.670. The molecular weight excluding hydrogens is 409 g/mol. The van der Waals surface area contributed by atoms with Gasteiger partial charge in [-0.3, -0.25) is 9.36 Å². The summed E-state index contributed by atoms with van der Waals surface area (Å²) in [6.07, 6.45) is 3.23. The van der Waals surface area contributed by atoms with Gasteiger partial charge in [-0.25, -0.2) is 17.8 Å². The Morgan fingerprint density at radius 3 is 2.63 bits per heavy atom. The molecule has 7 nitrogen and oxygen atoms in total. The van der Waals surface area contributed by atoms with Gasteiger partial charge in [0.25, 0.3) is 5.56 Å². The zero-order valence-electron chi connectivity index (χ0n) is 16.5. The van der Waals surface area contributed by atoms with Crippen molar-refractivity contribution < 1.29 is 17.5 Å². The van der Waals surface area contributed by atoms with Crippen molar-refractivity contribution in [3.05, 3.63) is 69.9 Å². The van der Waals surface area contributed by atoms with Crippen molar-refractivity contribution in [1.82, 2.24) is 9.55 Å². The van der Waals surface area contributed by atoms with E-state index in [1.165, 1.54) is 29.0 Å². The van der Waals surface area contributed by atoms with Crippen LogP contribution < -0.4 is 15.6 Å². The van der Waals surface area contributed by atoms with Crippen LogP contribution in [0.3, 0.4) is 0 Å². The second-order valence-corrected chi connectivity index (χ2v) is 9.14. The number of nitrogens with one attached hydrogen (secondary N) is 1. The third kappa shape index (κ3) is 3.68. The van der Waals surface area contributed by atoms with Gasteiger partial charge < -0.3 is 10.1 Å². The monoisotopic (exact) mass is 429 g/mol. The number of halogens is 1. The van der Waals surface area contributed by atoms with E-state index >= 15 is 0 Å². The molecule has 3 aromatic rings. The molecule has 30 heavy (non-hydrogen) atoms. The Morgan fingerprint density at radius 1 is 1.20 bits per heavy atom. The first-order valence-corrected chi connectivity index (χ1v) is 11.2. The van der Waals surface area contributed by atoms with Crippen LogP contribution in [0.4, 0.5) is 10.3 Å². The van der Waals surface area contributed by atoms with Crippen molar-refractivity contribution in [3.63, 3.8) is 0 Å². The van der Waals surface area contributed by atoms with Crippen molar-refractivity contribution >= 4 is 15.8 Å². The van der Waals surface area contributed by atoms with Crippen LogP contribution in [-0.2, 0) is 29.9 Å². The molecule has 0 aliphatic carbocycles. The highest BCUT2D eigenvalue weighted by Crippen LogP contribution is 2.31. The molecule has 0 radical (unpaired) electrons. The first kappa shape index (κ1) is 20.1. The number of ether oxygens (including phenoxy) is 1. The molecule has 2 aromatic carbocycles. The van der Waals surface area contributed by atoms with E-state index in [9.17, 15) is 17.6 Å². The van der Waals surface area contributed by atoms with Crippen LogP contribution >= 0.6 is 0 Å².